The molecule has 0 fully saturated rings. The Morgan fingerprint density at radius 3 is 2.30 bits per heavy atom. The van der Waals surface area contributed by atoms with E-state index in [2.05, 4.69) is 4.98 Å². The molecule has 2 heterocycles. The fraction of sp³-hybridized carbons (Fsp3) is 0.161. The zero-order valence-electron chi connectivity index (χ0n) is 21.8. The van der Waals surface area contributed by atoms with Gasteiger partial charge in [-0.3, -0.25) is 14.5 Å². The van der Waals surface area contributed by atoms with Crippen LogP contribution in [0.3, 0.4) is 0 Å². The van der Waals surface area contributed by atoms with Crippen molar-refractivity contribution in [3.63, 3.8) is 0 Å². The molecule has 2 N–H and O–H groups in total. The Morgan fingerprint density at radius 1 is 0.975 bits per heavy atom. The highest BCUT2D eigenvalue weighted by Gasteiger charge is 2.45. The van der Waals surface area contributed by atoms with Gasteiger partial charge in [-0.1, -0.05) is 49.4 Å². The molecule has 1 unspecified atom stereocenters. The van der Waals surface area contributed by atoms with Gasteiger partial charge in [0.1, 0.15) is 10.8 Å². The van der Waals surface area contributed by atoms with Gasteiger partial charge in [0.2, 0.25) is 5.78 Å². The number of esters is 1. The van der Waals surface area contributed by atoms with E-state index in [1.165, 1.54) is 40.5 Å². The molecule has 0 radical (unpaired) electrons. The summed E-state index contributed by atoms with van der Waals surface area (Å²) in [7, 11) is 0. The number of rotatable bonds is 8. The van der Waals surface area contributed by atoms with E-state index in [-0.39, 0.29) is 11.3 Å². The lowest BCUT2D eigenvalue weighted by Gasteiger charge is -2.27. The lowest BCUT2D eigenvalue weighted by Crippen LogP contribution is -2.31. The molecular weight excluding hydrogens is 528 g/mol. The molecule has 1 aliphatic rings. The molecule has 0 spiro atoms. The topological polar surface area (TPSA) is 117 Å². The predicted octanol–water partition coefficient (Wildman–Crippen LogP) is 6.17. The molecule has 8 nitrogen and oxygen atoms in total. The van der Waals surface area contributed by atoms with Gasteiger partial charge >= 0.3 is 5.97 Å². The van der Waals surface area contributed by atoms with E-state index in [1.54, 1.807) is 31.2 Å². The molecule has 9 heteroatoms. The number of nitrogens with zero attached hydrogens (tertiary/aromatic N) is 2. The number of hydrogen-bond acceptors (Lipinski definition) is 8. The number of carbonyl (C=O) groups is 3. The summed E-state index contributed by atoms with van der Waals surface area (Å²) < 4.78 is 5.18. The molecule has 1 aliphatic heterocycles. The summed E-state index contributed by atoms with van der Waals surface area (Å²) >= 11 is 1.19. The third-order valence-electron chi connectivity index (χ3n) is 6.50. The molecule has 40 heavy (non-hydrogen) atoms. The lowest BCUT2D eigenvalue weighted by molar-refractivity contribution is -0.117. The number of ether oxygens (including phenoxy) is 1. The molecule has 4 aromatic rings. The lowest BCUT2D eigenvalue weighted by atomic mass is 9.94. The Balaban J connectivity index is 1.56. The fourth-order valence-electron chi connectivity index (χ4n) is 4.55. The van der Waals surface area contributed by atoms with Crippen LogP contribution >= 0.6 is 11.3 Å². The number of carbonyl (C=O) groups excluding carboxylic acids is 3. The summed E-state index contributed by atoms with van der Waals surface area (Å²) in [6.45, 7) is 3.90. The number of aromatic nitrogens is 1. The van der Waals surface area contributed by atoms with Crippen LogP contribution in [0.5, 0.6) is 5.75 Å². The van der Waals surface area contributed by atoms with E-state index in [1.807, 2.05) is 37.3 Å². The Bertz CT molecular complexity index is 1610. The number of Topliss-reactive ketones (excluding diaryl/α,β-unsaturated/α-hetero) is 1. The molecule has 0 saturated heterocycles. The molecule has 5 rings (SSSR count). The van der Waals surface area contributed by atoms with Gasteiger partial charge in [-0.05, 0) is 55.3 Å². The first-order chi connectivity index (χ1) is 19.3. The standard InChI is InChI=1S/C31H26N2O6S/c1-3-17-39-31(38)21-9-13-22(14-10-21)33-25(19-11-15-23(34)16-12-19)24(27(36)30(33)37)26(35)28-18(2)32-29(40-28)20-7-5-4-6-8-20/h4-16,25,34,36H,3,17H2,1-2H3. The van der Waals surface area contributed by atoms with Gasteiger partial charge in [-0.2, -0.15) is 0 Å². The van der Waals surface area contributed by atoms with Crippen LogP contribution < -0.4 is 4.90 Å². The number of aromatic hydroxyl groups is 1. The number of aliphatic hydroxyl groups excluding tert-OH is 1. The van der Waals surface area contributed by atoms with Crippen LogP contribution in [0, 0.1) is 6.92 Å². The van der Waals surface area contributed by atoms with Crippen LogP contribution in [0.15, 0.2) is 90.2 Å². The summed E-state index contributed by atoms with van der Waals surface area (Å²) in [4.78, 5) is 46.0. The maximum atomic E-state index is 14.0. The minimum Gasteiger partial charge on any atom is -0.508 e. The van der Waals surface area contributed by atoms with E-state index < -0.39 is 29.5 Å². The van der Waals surface area contributed by atoms with Crippen molar-refractivity contribution < 1.29 is 29.3 Å². The second-order valence-corrected chi connectivity index (χ2v) is 10.2. The summed E-state index contributed by atoms with van der Waals surface area (Å²) in [6.07, 6.45) is 0.689. The third-order valence-corrected chi connectivity index (χ3v) is 7.71. The number of benzene rings is 3. The molecule has 0 saturated carbocycles. The summed E-state index contributed by atoms with van der Waals surface area (Å²) in [5.74, 6) is -2.40. The van der Waals surface area contributed by atoms with Gasteiger partial charge < -0.3 is 14.9 Å². The summed E-state index contributed by atoms with van der Waals surface area (Å²) in [6, 6.07) is 20.7. The maximum absolute atomic E-state index is 14.0. The Labute approximate surface area is 234 Å². The highest BCUT2D eigenvalue weighted by molar-refractivity contribution is 7.17. The smallest absolute Gasteiger partial charge is 0.338 e. The fourth-order valence-corrected chi connectivity index (χ4v) is 5.57. The summed E-state index contributed by atoms with van der Waals surface area (Å²) in [5.41, 5.74) is 2.44. The van der Waals surface area contributed by atoms with Crippen LogP contribution in [0.1, 0.15) is 50.7 Å². The largest absolute Gasteiger partial charge is 0.508 e. The van der Waals surface area contributed by atoms with Gasteiger partial charge in [0.05, 0.1) is 34.4 Å². The predicted molar refractivity (Wildman–Crippen MR) is 152 cm³/mol. The molecule has 0 aliphatic carbocycles. The minimum absolute atomic E-state index is 0.0152. The second-order valence-electron chi connectivity index (χ2n) is 9.24. The summed E-state index contributed by atoms with van der Waals surface area (Å²) in [5, 5.41) is 21.6. The number of ketones is 1. The maximum Gasteiger partial charge on any atom is 0.338 e. The van der Waals surface area contributed by atoms with Gasteiger partial charge in [0.15, 0.2) is 5.76 Å². The quantitative estimate of drug-likeness (QED) is 0.197. The average molecular weight is 555 g/mol. The second kappa shape index (κ2) is 11.2. The first-order valence-electron chi connectivity index (χ1n) is 12.7. The van der Waals surface area contributed by atoms with Crippen molar-refractivity contribution in [2.75, 3.05) is 11.5 Å². The Kier molecular flexibility index (Phi) is 7.48. The molecular formula is C31H26N2O6S. The monoisotopic (exact) mass is 554 g/mol. The number of aliphatic hydroxyl groups is 1. The van der Waals surface area contributed by atoms with E-state index in [0.717, 1.165) is 5.56 Å². The van der Waals surface area contributed by atoms with E-state index in [0.29, 0.717) is 45.4 Å². The minimum atomic E-state index is -0.986. The van der Waals surface area contributed by atoms with Crippen LogP contribution in [0.2, 0.25) is 0 Å². The number of phenolic OH excluding ortho intramolecular Hbond substituents is 1. The Morgan fingerprint density at radius 2 is 1.65 bits per heavy atom. The van der Waals surface area contributed by atoms with E-state index >= 15 is 0 Å². The van der Waals surface area contributed by atoms with Crippen molar-refractivity contribution in [2.45, 2.75) is 26.3 Å². The molecule has 1 atom stereocenters. The Hall–Kier alpha value is -4.76. The number of hydrogen-bond donors (Lipinski definition) is 2. The number of amides is 1. The average Bonchev–Trinajstić information content (AvgIpc) is 3.49. The molecule has 3 aromatic carbocycles. The number of thiazole rings is 1. The first kappa shape index (κ1) is 26.8. The highest BCUT2D eigenvalue weighted by atomic mass is 32.1. The first-order valence-corrected chi connectivity index (χ1v) is 13.5. The van der Waals surface area contributed by atoms with Crippen LogP contribution in [-0.4, -0.2) is 39.5 Å². The van der Waals surface area contributed by atoms with Crippen molar-refractivity contribution in [1.82, 2.24) is 4.98 Å². The number of aryl methyl sites for hydroxylation is 1. The van der Waals surface area contributed by atoms with Crippen molar-refractivity contribution >= 4 is 34.7 Å². The van der Waals surface area contributed by atoms with E-state index in [9.17, 15) is 24.6 Å². The van der Waals surface area contributed by atoms with Gasteiger partial charge in [0, 0.05) is 11.3 Å². The SMILES string of the molecule is CCCOC(=O)c1ccc(N2C(=O)C(O)=C(C(=O)c3sc(-c4ccccc4)nc3C)C2c2ccc(O)cc2)cc1. The van der Waals surface area contributed by atoms with Crippen LogP contribution in [0.4, 0.5) is 5.69 Å². The van der Waals surface area contributed by atoms with Gasteiger partial charge in [-0.15, -0.1) is 11.3 Å². The van der Waals surface area contributed by atoms with Gasteiger partial charge in [-0.25, -0.2) is 9.78 Å². The van der Waals surface area contributed by atoms with Crippen molar-refractivity contribution in [3.05, 3.63) is 112 Å². The molecule has 202 valence electrons. The van der Waals surface area contributed by atoms with Gasteiger partial charge in [0.25, 0.3) is 5.91 Å². The zero-order valence-corrected chi connectivity index (χ0v) is 22.6. The van der Waals surface area contributed by atoms with Crippen molar-refractivity contribution in [1.29, 1.82) is 0 Å². The third kappa shape index (κ3) is 4.99. The number of anilines is 1. The van der Waals surface area contributed by atoms with E-state index in [4.69, 9.17) is 4.74 Å². The number of phenols is 1. The van der Waals surface area contributed by atoms with Crippen molar-refractivity contribution in [2.24, 2.45) is 0 Å². The van der Waals surface area contributed by atoms with Crippen molar-refractivity contribution in [3.8, 4) is 16.3 Å². The highest BCUT2D eigenvalue weighted by Crippen LogP contribution is 2.43. The normalized spacial score (nSPS) is 15.0. The van der Waals surface area contributed by atoms with Crippen LogP contribution in [0.25, 0.3) is 10.6 Å². The molecule has 1 amide bonds. The van der Waals surface area contributed by atoms with Crippen LogP contribution in [-0.2, 0) is 9.53 Å². The molecule has 1 aromatic heterocycles. The zero-order chi connectivity index (χ0) is 28.4. The molecule has 0 bridgehead atoms.